The van der Waals surface area contributed by atoms with Crippen molar-refractivity contribution in [3.63, 3.8) is 0 Å². The lowest BCUT2D eigenvalue weighted by Crippen LogP contribution is -2.44. The van der Waals surface area contributed by atoms with Gasteiger partial charge in [0.1, 0.15) is 29.5 Å². The van der Waals surface area contributed by atoms with Gasteiger partial charge >= 0.3 is 17.9 Å². The summed E-state index contributed by atoms with van der Waals surface area (Å²) in [5.74, 6) is -7.66. The van der Waals surface area contributed by atoms with Gasteiger partial charge in [0.15, 0.2) is 0 Å². The average Bonchev–Trinajstić information content (AvgIpc) is 2.43. The standard InChI is InChI=1S/C11H12Cl2O7/c1-4(14)5-2-7(10(17)19-12)8(11(18)20-13)3-6(5)9(15)16/h5-8H,2-3H2,1H3,(H,15,16). The molecule has 0 aromatic heterocycles. The number of carbonyl (C=O) groups is 4. The second-order valence-electron chi connectivity index (χ2n) is 4.64. The van der Waals surface area contributed by atoms with Crippen LogP contribution in [0.3, 0.4) is 0 Å². The zero-order valence-electron chi connectivity index (χ0n) is 10.4. The first-order valence-electron chi connectivity index (χ1n) is 5.71. The highest BCUT2D eigenvalue weighted by Crippen LogP contribution is 2.40. The van der Waals surface area contributed by atoms with Crippen LogP contribution in [-0.4, -0.2) is 28.8 Å². The van der Waals surface area contributed by atoms with Gasteiger partial charge in [-0.15, -0.1) is 0 Å². The van der Waals surface area contributed by atoms with E-state index in [1.165, 1.54) is 6.92 Å². The number of rotatable bonds is 4. The highest BCUT2D eigenvalue weighted by Gasteiger charge is 2.49. The van der Waals surface area contributed by atoms with Crippen molar-refractivity contribution >= 4 is 47.4 Å². The molecule has 4 atom stereocenters. The van der Waals surface area contributed by atoms with E-state index in [4.69, 9.17) is 28.8 Å². The normalized spacial score (nSPS) is 29.4. The molecule has 1 fully saturated rings. The van der Waals surface area contributed by atoms with Crippen molar-refractivity contribution in [2.45, 2.75) is 19.8 Å². The fourth-order valence-electron chi connectivity index (χ4n) is 2.56. The van der Waals surface area contributed by atoms with Gasteiger partial charge in [0.2, 0.25) is 0 Å². The molecule has 0 aromatic rings. The Bertz CT molecular complexity index is 396. The van der Waals surface area contributed by atoms with Gasteiger partial charge in [-0.1, -0.05) is 0 Å². The molecule has 1 N–H and O–H groups in total. The van der Waals surface area contributed by atoms with Crippen LogP contribution < -0.4 is 0 Å². The van der Waals surface area contributed by atoms with Crippen molar-refractivity contribution in [3.8, 4) is 0 Å². The number of ketones is 1. The van der Waals surface area contributed by atoms with Gasteiger partial charge in [-0.3, -0.25) is 19.2 Å². The first-order valence-corrected chi connectivity index (χ1v) is 6.33. The van der Waals surface area contributed by atoms with E-state index in [0.717, 1.165) is 0 Å². The first kappa shape index (κ1) is 16.7. The second-order valence-corrected chi connectivity index (χ2v) is 4.95. The third-order valence-electron chi connectivity index (χ3n) is 3.58. The Morgan fingerprint density at radius 3 is 1.60 bits per heavy atom. The Balaban J connectivity index is 3.10. The van der Waals surface area contributed by atoms with Crippen LogP contribution >= 0.6 is 23.7 Å². The topological polar surface area (TPSA) is 107 Å². The zero-order chi connectivity index (χ0) is 15.4. The molecule has 7 nitrogen and oxygen atoms in total. The van der Waals surface area contributed by atoms with E-state index in [1.54, 1.807) is 0 Å². The third kappa shape index (κ3) is 3.40. The van der Waals surface area contributed by atoms with E-state index >= 15 is 0 Å². The Hall–Kier alpha value is -1.34. The molecular formula is C11H12Cl2O7. The number of halogens is 2. The van der Waals surface area contributed by atoms with Gasteiger partial charge in [0.25, 0.3) is 0 Å². The van der Waals surface area contributed by atoms with Crippen molar-refractivity contribution in [2.24, 2.45) is 23.7 Å². The van der Waals surface area contributed by atoms with Crippen molar-refractivity contribution in [1.29, 1.82) is 0 Å². The summed E-state index contributed by atoms with van der Waals surface area (Å²) in [6.45, 7) is 1.23. The molecule has 0 saturated heterocycles. The lowest BCUT2D eigenvalue weighted by molar-refractivity contribution is -0.161. The molecule has 4 unspecified atom stereocenters. The van der Waals surface area contributed by atoms with Gasteiger partial charge in [-0.25, -0.2) is 0 Å². The highest BCUT2D eigenvalue weighted by atomic mass is 35.5. The summed E-state index contributed by atoms with van der Waals surface area (Å²) in [5, 5.41) is 9.13. The lowest BCUT2D eigenvalue weighted by atomic mass is 9.67. The van der Waals surface area contributed by atoms with Gasteiger partial charge < -0.3 is 13.7 Å². The molecule has 0 heterocycles. The van der Waals surface area contributed by atoms with Crippen LogP contribution in [0.1, 0.15) is 19.8 Å². The van der Waals surface area contributed by atoms with E-state index in [-0.39, 0.29) is 18.6 Å². The number of hydrogen-bond donors (Lipinski definition) is 1. The number of carbonyl (C=O) groups excluding carboxylic acids is 3. The Morgan fingerprint density at radius 1 is 0.900 bits per heavy atom. The van der Waals surface area contributed by atoms with Crippen LogP contribution in [0.15, 0.2) is 0 Å². The second kappa shape index (κ2) is 6.90. The SMILES string of the molecule is CC(=O)C1CC(C(=O)OCl)C(C(=O)OCl)CC1C(=O)O. The van der Waals surface area contributed by atoms with Gasteiger partial charge in [-0.05, 0) is 19.8 Å². The van der Waals surface area contributed by atoms with Crippen LogP contribution in [0.4, 0.5) is 0 Å². The predicted octanol–water partition coefficient (Wildman–Crippen LogP) is 1.31. The summed E-state index contributed by atoms with van der Waals surface area (Å²) in [6, 6.07) is 0. The van der Waals surface area contributed by atoms with Crippen LogP contribution in [0.25, 0.3) is 0 Å². The first-order chi connectivity index (χ1) is 9.33. The summed E-state index contributed by atoms with van der Waals surface area (Å²) in [7, 11) is 0. The molecule has 112 valence electrons. The molecule has 1 aliphatic rings. The van der Waals surface area contributed by atoms with Crippen molar-refractivity contribution < 1.29 is 32.9 Å². The predicted molar refractivity (Wildman–Crippen MR) is 65.4 cm³/mol. The van der Waals surface area contributed by atoms with Crippen LogP contribution in [0.2, 0.25) is 0 Å². The van der Waals surface area contributed by atoms with Crippen LogP contribution in [-0.2, 0) is 27.8 Å². The van der Waals surface area contributed by atoms with E-state index < -0.39 is 41.6 Å². The monoisotopic (exact) mass is 326 g/mol. The molecule has 0 radical (unpaired) electrons. The minimum absolute atomic E-state index is 0.158. The molecule has 0 aromatic carbocycles. The Kier molecular flexibility index (Phi) is 5.76. The molecule has 1 rings (SSSR count). The molecule has 0 aliphatic heterocycles. The largest absolute Gasteiger partial charge is 0.481 e. The summed E-state index contributed by atoms with van der Waals surface area (Å²) < 4.78 is 8.11. The number of hydrogen-bond acceptors (Lipinski definition) is 6. The van der Waals surface area contributed by atoms with E-state index in [1.807, 2.05) is 0 Å². The summed E-state index contributed by atoms with van der Waals surface area (Å²) >= 11 is 9.96. The minimum Gasteiger partial charge on any atom is -0.481 e. The van der Waals surface area contributed by atoms with Crippen molar-refractivity contribution in [1.82, 2.24) is 0 Å². The third-order valence-corrected chi connectivity index (χ3v) is 3.89. The van der Waals surface area contributed by atoms with Gasteiger partial charge in [0.05, 0.1) is 17.8 Å². The smallest absolute Gasteiger partial charge is 0.328 e. The van der Waals surface area contributed by atoms with Gasteiger partial charge in [-0.2, -0.15) is 0 Å². The number of aliphatic carboxylic acids is 1. The quantitative estimate of drug-likeness (QED) is 0.829. The number of carboxylic acid groups (broad SMARTS) is 1. The molecule has 20 heavy (non-hydrogen) atoms. The highest BCUT2D eigenvalue weighted by molar-refractivity contribution is 6.15. The average molecular weight is 327 g/mol. The van der Waals surface area contributed by atoms with Crippen LogP contribution in [0, 0.1) is 23.7 Å². The molecule has 1 saturated carbocycles. The summed E-state index contributed by atoms with van der Waals surface area (Å²) in [6.07, 6.45) is -0.406. The molecular weight excluding hydrogens is 315 g/mol. The lowest BCUT2D eigenvalue weighted by Gasteiger charge is -2.35. The fraction of sp³-hybridized carbons (Fsp3) is 0.636. The van der Waals surface area contributed by atoms with E-state index in [0.29, 0.717) is 0 Å². The maximum Gasteiger partial charge on any atom is 0.328 e. The minimum atomic E-state index is -1.23. The summed E-state index contributed by atoms with van der Waals surface area (Å²) in [4.78, 5) is 45.9. The number of carboxylic acids is 1. The maximum atomic E-state index is 11.6. The van der Waals surface area contributed by atoms with Crippen molar-refractivity contribution in [2.75, 3.05) is 0 Å². The van der Waals surface area contributed by atoms with E-state index in [9.17, 15) is 19.2 Å². The molecule has 1 aliphatic carbocycles. The van der Waals surface area contributed by atoms with E-state index in [2.05, 4.69) is 8.58 Å². The number of Topliss-reactive ketones (excluding diaryl/α,β-unsaturated/α-hetero) is 1. The molecule has 0 spiro atoms. The Morgan fingerprint density at radius 2 is 1.30 bits per heavy atom. The fourth-order valence-corrected chi connectivity index (χ4v) is 2.79. The van der Waals surface area contributed by atoms with Crippen molar-refractivity contribution in [3.05, 3.63) is 0 Å². The Labute approximate surface area is 124 Å². The maximum absolute atomic E-state index is 11.6. The molecule has 0 amide bonds. The zero-order valence-corrected chi connectivity index (χ0v) is 11.9. The van der Waals surface area contributed by atoms with Gasteiger partial charge in [0, 0.05) is 5.92 Å². The summed E-state index contributed by atoms with van der Waals surface area (Å²) in [5.41, 5.74) is 0. The molecule has 9 heteroatoms. The van der Waals surface area contributed by atoms with Crippen LogP contribution in [0.5, 0.6) is 0 Å². The molecule has 0 bridgehead atoms.